The maximum Gasteiger partial charge on any atom is -1.00 e. The van der Waals surface area contributed by atoms with Crippen molar-refractivity contribution in [3.8, 4) is 22.3 Å². The first-order valence-corrected chi connectivity index (χ1v) is 24.5. The summed E-state index contributed by atoms with van der Waals surface area (Å²) in [4.78, 5) is 0. The molecule has 16 heteroatoms. The summed E-state index contributed by atoms with van der Waals surface area (Å²) in [5.41, 5.74) is -3.56. The normalized spacial score (nSPS) is 14.9. The zero-order chi connectivity index (χ0) is 45.4. The standard InChI is InChI=1S/2C22H17F6.C2H6Si.2ClH.Zr/c2*1-20(2,3)12-13-7-14-5-4-6-18(19(14)8-13)15-9-16(21(23,24)25)11-17(10-15)22(26,27)28;1-3-2;;;/h2*4-6,8-12H,1-3H3;1-2H3;2*1H;/q2*-1;;;;+2/p-2. The third-order valence-electron chi connectivity index (χ3n) is 8.34. The van der Waals surface area contributed by atoms with Crippen LogP contribution < -0.4 is 45.7 Å². The number of benzene rings is 4. The van der Waals surface area contributed by atoms with Gasteiger partial charge in [0.15, 0.2) is 0 Å². The third-order valence-corrected chi connectivity index (χ3v) is 8.34. The van der Waals surface area contributed by atoms with Crippen molar-refractivity contribution < 1.29 is 101 Å². The average Bonchev–Trinajstić information content (AvgIpc) is 3.67. The van der Waals surface area contributed by atoms with Gasteiger partial charge in [0, 0.05) is 0 Å². The van der Waals surface area contributed by atoms with Crippen molar-refractivity contribution >= 4 is 29.7 Å². The maximum absolute atomic E-state index is 13.2. The minimum absolute atomic E-state index is 0. The van der Waals surface area contributed by atoms with Crippen LogP contribution in [0.5, 0.6) is 0 Å². The Morgan fingerprint density at radius 2 is 0.726 bits per heavy atom. The van der Waals surface area contributed by atoms with E-state index in [0.717, 1.165) is 35.4 Å². The Kier molecular flexibility index (Phi) is 17.9. The summed E-state index contributed by atoms with van der Waals surface area (Å²) in [5.74, 6) is 0. The summed E-state index contributed by atoms with van der Waals surface area (Å²) in [5, 5.41) is 2.40. The minimum atomic E-state index is -4.88. The van der Waals surface area contributed by atoms with Gasteiger partial charge in [-0.3, -0.25) is 0 Å². The summed E-state index contributed by atoms with van der Waals surface area (Å²) in [7, 11) is 0. The molecule has 0 aliphatic heterocycles. The molecule has 4 aromatic carbocycles. The Balaban J connectivity index is 0.000000381. The molecule has 0 heterocycles. The first kappa shape index (κ1) is 54.8. The monoisotopic (exact) mass is 1010 g/mol. The van der Waals surface area contributed by atoms with E-state index in [1.165, 1.54) is 12.1 Å². The molecule has 2 aliphatic rings. The molecule has 0 saturated carbocycles. The first-order chi connectivity index (χ1) is 27.2. The quantitative estimate of drug-likeness (QED) is 0.124. The summed E-state index contributed by atoms with van der Waals surface area (Å²) < 4.78 is 158. The molecule has 0 saturated heterocycles. The number of hydrogen-bond acceptors (Lipinski definition) is 0. The van der Waals surface area contributed by atoms with Crippen LogP contribution in [0.3, 0.4) is 0 Å². The van der Waals surface area contributed by atoms with E-state index in [2.05, 4.69) is 25.2 Å². The summed E-state index contributed by atoms with van der Waals surface area (Å²) >= 11 is 1.74. The summed E-state index contributed by atoms with van der Waals surface area (Å²) in [6.07, 6.45) is -5.85. The molecular formula is C46H40Cl2F12SiZr-2. The van der Waals surface area contributed by atoms with E-state index in [9.17, 15) is 52.7 Å². The second-order valence-corrected chi connectivity index (χ2v) is 26.0. The van der Waals surface area contributed by atoms with Crippen LogP contribution in [-0.4, -0.2) is 5.43 Å². The van der Waals surface area contributed by atoms with Gasteiger partial charge in [-0.1, -0.05) is 76.9 Å². The molecule has 6 rings (SSSR count). The molecule has 0 aromatic heterocycles. The fraction of sp³-hybridized carbons (Fsp3) is 0.304. The first-order valence-electron chi connectivity index (χ1n) is 18.3. The van der Waals surface area contributed by atoms with E-state index in [-0.39, 0.29) is 64.3 Å². The largest absolute Gasteiger partial charge is 1.00 e. The predicted octanol–water partition coefficient (Wildman–Crippen LogP) is 6.42. The molecular weight excluding hydrogens is 971 g/mol. The van der Waals surface area contributed by atoms with Gasteiger partial charge in [-0.05, 0) is 58.4 Å². The topological polar surface area (TPSA) is 0 Å². The van der Waals surface area contributed by atoms with E-state index >= 15 is 0 Å². The van der Waals surface area contributed by atoms with Crippen LogP contribution in [0.2, 0.25) is 13.1 Å². The molecule has 0 atom stereocenters. The van der Waals surface area contributed by atoms with Gasteiger partial charge in [-0.2, -0.15) is 52.7 Å². The fourth-order valence-electron chi connectivity index (χ4n) is 6.17. The van der Waals surface area contributed by atoms with Crippen LogP contribution >= 0.6 is 0 Å². The molecule has 0 bridgehead atoms. The van der Waals surface area contributed by atoms with E-state index in [0.29, 0.717) is 32.0 Å². The number of alkyl halides is 12. The molecule has 0 spiro atoms. The van der Waals surface area contributed by atoms with Gasteiger partial charge in [0.1, 0.15) is 0 Å². The van der Waals surface area contributed by atoms with Crippen LogP contribution in [-0.2, 0) is 48.0 Å². The molecule has 4 aromatic rings. The Hall–Kier alpha value is -3.32. The Morgan fingerprint density at radius 1 is 0.468 bits per heavy atom. The van der Waals surface area contributed by atoms with Gasteiger partial charge in [-0.25, -0.2) is 0 Å². The van der Waals surface area contributed by atoms with Gasteiger partial charge in [0.05, 0.1) is 22.3 Å². The second kappa shape index (κ2) is 20.2. The van der Waals surface area contributed by atoms with Crippen molar-refractivity contribution in [2.45, 2.75) is 79.3 Å². The van der Waals surface area contributed by atoms with E-state index in [1.807, 2.05) is 53.7 Å². The van der Waals surface area contributed by atoms with E-state index in [4.69, 9.17) is 0 Å². The zero-order valence-corrected chi connectivity index (χ0v) is 39.5. The van der Waals surface area contributed by atoms with Crippen molar-refractivity contribution in [3.63, 3.8) is 0 Å². The predicted molar refractivity (Wildman–Crippen MR) is 211 cm³/mol. The van der Waals surface area contributed by atoms with Crippen LogP contribution in [0.25, 0.3) is 46.6 Å². The summed E-state index contributed by atoms with van der Waals surface area (Å²) in [6, 6.07) is 13.0. The van der Waals surface area contributed by atoms with Crippen molar-refractivity contribution in [2.75, 3.05) is 0 Å². The van der Waals surface area contributed by atoms with Crippen LogP contribution in [0, 0.1) is 10.8 Å². The van der Waals surface area contributed by atoms with Crippen LogP contribution in [0.1, 0.15) is 63.8 Å². The van der Waals surface area contributed by atoms with Crippen molar-refractivity contribution in [1.82, 2.24) is 0 Å². The minimum Gasteiger partial charge on any atom is -1.00 e. The number of allylic oxidation sites excluding steroid dienone is 4. The number of rotatable bonds is 2. The Bertz CT molecular complexity index is 2360. The number of hydrogen-bond donors (Lipinski definition) is 0. The van der Waals surface area contributed by atoms with Crippen LogP contribution in [0.4, 0.5) is 52.7 Å². The van der Waals surface area contributed by atoms with Gasteiger partial charge in [-0.15, -0.1) is 80.6 Å². The second-order valence-electron chi connectivity index (χ2n) is 16.6. The Morgan fingerprint density at radius 3 is 0.952 bits per heavy atom. The van der Waals surface area contributed by atoms with E-state index in [1.54, 1.807) is 59.8 Å². The molecule has 2 aliphatic carbocycles. The third kappa shape index (κ3) is 15.4. The van der Waals surface area contributed by atoms with E-state index < -0.39 is 47.0 Å². The molecule has 62 heavy (non-hydrogen) atoms. The summed E-state index contributed by atoms with van der Waals surface area (Å²) in [6.45, 7) is 16.5. The van der Waals surface area contributed by atoms with Crippen LogP contribution in [0.15, 0.2) is 96.1 Å². The average molecular weight is 1010 g/mol. The molecule has 0 radical (unpaired) electrons. The molecule has 0 amide bonds. The van der Waals surface area contributed by atoms with Crippen molar-refractivity contribution in [2.24, 2.45) is 10.8 Å². The van der Waals surface area contributed by atoms with Gasteiger partial charge in [0.25, 0.3) is 0 Å². The molecule has 332 valence electrons. The maximum atomic E-state index is 13.2. The number of fused-ring (bicyclic) bond motifs is 2. The van der Waals surface area contributed by atoms with Gasteiger partial charge in [0.2, 0.25) is 0 Å². The molecule has 0 N–H and O–H groups in total. The number of halogens is 14. The Labute approximate surface area is 380 Å². The zero-order valence-electron chi connectivity index (χ0n) is 34.5. The molecule has 0 fully saturated rings. The fourth-order valence-corrected chi connectivity index (χ4v) is 6.17. The van der Waals surface area contributed by atoms with Crippen molar-refractivity contribution in [1.29, 1.82) is 0 Å². The smallest absolute Gasteiger partial charge is 1.00 e. The van der Waals surface area contributed by atoms with Gasteiger partial charge < -0.3 is 24.8 Å². The molecule has 0 unspecified atom stereocenters. The van der Waals surface area contributed by atoms with Gasteiger partial charge >= 0.3 is 66.6 Å². The molecule has 0 nitrogen and oxygen atoms in total. The SMILES string of the molecule is CC(C)(C)C=C1[C-]=c2cccc(-c3cc(C(F)(F)F)cc(C(F)(F)F)c3)c2=C1.CC(C)(C)C=C1[C-]=c2cccc(-c3cc(C(F)(F)F)cc(C(F)(F)F)c3)c2=C1.C[Si](C)=[Zr+2].[Cl-].[Cl-]. The van der Waals surface area contributed by atoms with Crippen molar-refractivity contribution in [3.05, 3.63) is 139 Å².